The number of ether oxygens (including phenoxy) is 1. The summed E-state index contributed by atoms with van der Waals surface area (Å²) in [6.45, 7) is 4.40. The zero-order chi connectivity index (χ0) is 18.8. The van der Waals surface area contributed by atoms with Crippen LogP contribution in [0.3, 0.4) is 0 Å². The number of anilines is 1. The van der Waals surface area contributed by atoms with Crippen LogP contribution in [0.2, 0.25) is 0 Å². The predicted octanol–water partition coefficient (Wildman–Crippen LogP) is 4.59. The number of aryl methyl sites for hydroxylation is 3. The lowest BCUT2D eigenvalue weighted by Crippen LogP contribution is -2.13. The molecule has 0 saturated heterocycles. The monoisotopic (exact) mass is 353 g/mol. The van der Waals surface area contributed by atoms with Crippen molar-refractivity contribution in [3.8, 4) is 0 Å². The van der Waals surface area contributed by atoms with Crippen LogP contribution in [0, 0.1) is 13.8 Å². The smallest absolute Gasteiger partial charge is 0.305 e. The molecule has 0 aromatic heterocycles. The number of carbonyl (C=O) groups is 2. The summed E-state index contributed by atoms with van der Waals surface area (Å²) in [6, 6.07) is 16.0. The Morgan fingerprint density at radius 2 is 1.73 bits per heavy atom. The van der Waals surface area contributed by atoms with Crippen molar-refractivity contribution in [2.24, 2.45) is 0 Å². The second-order valence-corrected chi connectivity index (χ2v) is 6.53. The molecular formula is C22H27NO3. The third-order valence-electron chi connectivity index (χ3n) is 4.16. The quantitative estimate of drug-likeness (QED) is 0.530. The van der Waals surface area contributed by atoms with Crippen molar-refractivity contribution >= 4 is 17.6 Å². The fourth-order valence-electron chi connectivity index (χ4n) is 2.74. The maximum atomic E-state index is 12.0. The van der Waals surface area contributed by atoms with Crippen molar-refractivity contribution in [3.05, 3.63) is 65.2 Å². The molecule has 26 heavy (non-hydrogen) atoms. The molecule has 0 radical (unpaired) electrons. The van der Waals surface area contributed by atoms with Gasteiger partial charge in [-0.1, -0.05) is 48.0 Å². The Kier molecular flexibility index (Phi) is 7.87. The molecule has 0 bridgehead atoms. The van der Waals surface area contributed by atoms with E-state index in [0.717, 1.165) is 29.7 Å². The van der Waals surface area contributed by atoms with Crippen LogP contribution >= 0.6 is 0 Å². The topological polar surface area (TPSA) is 55.4 Å². The summed E-state index contributed by atoms with van der Waals surface area (Å²) < 4.78 is 5.23. The van der Waals surface area contributed by atoms with Crippen molar-refractivity contribution in [2.45, 2.75) is 46.0 Å². The molecule has 2 aromatic rings. The van der Waals surface area contributed by atoms with E-state index in [1.165, 1.54) is 5.56 Å². The predicted molar refractivity (Wildman–Crippen MR) is 104 cm³/mol. The Morgan fingerprint density at radius 1 is 0.962 bits per heavy atom. The Morgan fingerprint density at radius 3 is 2.46 bits per heavy atom. The molecule has 4 nitrogen and oxygen atoms in total. The average molecular weight is 353 g/mol. The molecule has 4 heteroatoms. The van der Waals surface area contributed by atoms with E-state index in [1.54, 1.807) is 0 Å². The average Bonchev–Trinajstić information content (AvgIpc) is 2.62. The van der Waals surface area contributed by atoms with Gasteiger partial charge in [-0.05, 0) is 50.3 Å². The molecule has 0 aliphatic rings. The van der Waals surface area contributed by atoms with Gasteiger partial charge in [-0.2, -0.15) is 0 Å². The van der Waals surface area contributed by atoms with Gasteiger partial charge in [-0.3, -0.25) is 9.59 Å². The number of hydrogen-bond donors (Lipinski definition) is 1. The van der Waals surface area contributed by atoms with E-state index in [4.69, 9.17) is 4.74 Å². The normalized spacial score (nSPS) is 10.4. The van der Waals surface area contributed by atoms with Crippen LogP contribution < -0.4 is 5.32 Å². The summed E-state index contributed by atoms with van der Waals surface area (Å²) in [5.41, 5.74) is 4.27. The molecule has 138 valence electrons. The van der Waals surface area contributed by atoms with E-state index in [9.17, 15) is 9.59 Å². The van der Waals surface area contributed by atoms with Crippen LogP contribution in [0.5, 0.6) is 0 Å². The van der Waals surface area contributed by atoms with Crippen molar-refractivity contribution < 1.29 is 14.3 Å². The number of rotatable bonds is 9. The van der Waals surface area contributed by atoms with Gasteiger partial charge in [0.25, 0.3) is 0 Å². The Balaban J connectivity index is 1.58. The molecule has 2 aromatic carbocycles. The third-order valence-corrected chi connectivity index (χ3v) is 4.16. The van der Waals surface area contributed by atoms with Gasteiger partial charge < -0.3 is 10.1 Å². The molecular weight excluding hydrogens is 326 g/mol. The zero-order valence-electron chi connectivity index (χ0n) is 15.6. The van der Waals surface area contributed by atoms with Crippen LogP contribution in [0.4, 0.5) is 5.69 Å². The molecule has 0 spiro atoms. The molecule has 1 N–H and O–H groups in total. The SMILES string of the molecule is Cc1ccc(NC(=O)CCCC(=O)OCCCc2ccccc2)c(C)c1. The molecule has 0 saturated carbocycles. The van der Waals surface area contributed by atoms with Crippen LogP contribution in [0.1, 0.15) is 42.4 Å². The van der Waals surface area contributed by atoms with Crippen molar-refractivity contribution in [1.82, 2.24) is 0 Å². The summed E-state index contributed by atoms with van der Waals surface area (Å²) in [7, 11) is 0. The van der Waals surface area contributed by atoms with Crippen LogP contribution in [-0.2, 0) is 20.7 Å². The van der Waals surface area contributed by atoms with E-state index < -0.39 is 0 Å². The summed E-state index contributed by atoms with van der Waals surface area (Å²) >= 11 is 0. The minimum Gasteiger partial charge on any atom is -0.466 e. The van der Waals surface area contributed by atoms with Gasteiger partial charge in [-0.25, -0.2) is 0 Å². The number of esters is 1. The third kappa shape index (κ3) is 7.09. The first-order valence-electron chi connectivity index (χ1n) is 9.11. The van der Waals surface area contributed by atoms with Gasteiger partial charge >= 0.3 is 5.97 Å². The summed E-state index contributed by atoms with van der Waals surface area (Å²) in [4.78, 5) is 23.7. The first-order chi connectivity index (χ1) is 12.5. The van der Waals surface area contributed by atoms with E-state index in [0.29, 0.717) is 19.4 Å². The summed E-state index contributed by atoms with van der Waals surface area (Å²) in [5.74, 6) is -0.314. The minimum absolute atomic E-state index is 0.0752. The molecule has 0 heterocycles. The lowest BCUT2D eigenvalue weighted by Gasteiger charge is -2.09. The van der Waals surface area contributed by atoms with Gasteiger partial charge in [0.15, 0.2) is 0 Å². The summed E-state index contributed by atoms with van der Waals surface area (Å²) in [6.07, 6.45) is 2.78. The lowest BCUT2D eigenvalue weighted by atomic mass is 10.1. The Bertz CT molecular complexity index is 725. The molecule has 1 amide bonds. The second kappa shape index (κ2) is 10.4. The van der Waals surface area contributed by atoms with Gasteiger partial charge in [0.2, 0.25) is 5.91 Å². The molecule has 0 aliphatic heterocycles. The maximum absolute atomic E-state index is 12.0. The van der Waals surface area contributed by atoms with Gasteiger partial charge in [0.1, 0.15) is 0 Å². The van der Waals surface area contributed by atoms with Crippen molar-refractivity contribution in [1.29, 1.82) is 0 Å². The molecule has 0 unspecified atom stereocenters. The van der Waals surface area contributed by atoms with E-state index in [2.05, 4.69) is 17.4 Å². The molecule has 2 rings (SSSR count). The highest BCUT2D eigenvalue weighted by Gasteiger charge is 2.08. The van der Waals surface area contributed by atoms with Gasteiger partial charge in [0, 0.05) is 18.5 Å². The molecule has 0 atom stereocenters. The standard InChI is InChI=1S/C22H27NO3/c1-17-13-14-20(18(2)16-17)23-21(24)11-6-12-22(25)26-15-7-10-19-8-4-3-5-9-19/h3-5,8-9,13-14,16H,6-7,10-12,15H2,1-2H3,(H,23,24). The summed E-state index contributed by atoms with van der Waals surface area (Å²) in [5, 5.41) is 2.89. The maximum Gasteiger partial charge on any atom is 0.305 e. The van der Waals surface area contributed by atoms with Crippen LogP contribution in [0.15, 0.2) is 48.5 Å². The largest absolute Gasteiger partial charge is 0.466 e. The number of benzene rings is 2. The van der Waals surface area contributed by atoms with Crippen LogP contribution in [0.25, 0.3) is 0 Å². The van der Waals surface area contributed by atoms with Crippen molar-refractivity contribution in [3.63, 3.8) is 0 Å². The minimum atomic E-state index is -0.239. The van der Waals surface area contributed by atoms with Gasteiger partial charge in [0.05, 0.1) is 6.61 Å². The Hall–Kier alpha value is -2.62. The fourth-order valence-corrected chi connectivity index (χ4v) is 2.74. The fraction of sp³-hybridized carbons (Fsp3) is 0.364. The Labute approximate surface area is 155 Å². The highest BCUT2D eigenvalue weighted by atomic mass is 16.5. The highest BCUT2D eigenvalue weighted by molar-refractivity contribution is 5.91. The second-order valence-electron chi connectivity index (χ2n) is 6.53. The first kappa shape index (κ1) is 19.7. The van der Waals surface area contributed by atoms with E-state index in [1.807, 2.05) is 50.2 Å². The number of nitrogens with one attached hydrogen (secondary N) is 1. The van der Waals surface area contributed by atoms with Crippen molar-refractivity contribution in [2.75, 3.05) is 11.9 Å². The molecule has 0 aliphatic carbocycles. The number of hydrogen-bond acceptors (Lipinski definition) is 3. The molecule has 0 fully saturated rings. The zero-order valence-corrected chi connectivity index (χ0v) is 15.6. The van der Waals surface area contributed by atoms with E-state index in [-0.39, 0.29) is 18.3 Å². The van der Waals surface area contributed by atoms with E-state index >= 15 is 0 Å². The lowest BCUT2D eigenvalue weighted by molar-refractivity contribution is -0.143. The van der Waals surface area contributed by atoms with Gasteiger partial charge in [-0.15, -0.1) is 0 Å². The number of carbonyl (C=O) groups excluding carboxylic acids is 2. The first-order valence-corrected chi connectivity index (χ1v) is 9.11. The van der Waals surface area contributed by atoms with Crippen LogP contribution in [-0.4, -0.2) is 18.5 Å². The number of amides is 1. The highest BCUT2D eigenvalue weighted by Crippen LogP contribution is 2.16.